The van der Waals surface area contributed by atoms with Crippen LogP contribution in [0.4, 0.5) is 0 Å². The molecule has 0 aliphatic heterocycles. The summed E-state index contributed by atoms with van der Waals surface area (Å²) < 4.78 is 0. The molecule has 0 saturated heterocycles. The Kier molecular flexibility index (Phi) is 2.73. The summed E-state index contributed by atoms with van der Waals surface area (Å²) in [6.07, 6.45) is 2.67. The van der Waals surface area contributed by atoms with E-state index < -0.39 is 0 Å². The predicted molar refractivity (Wildman–Crippen MR) is 61.9 cm³/mol. The minimum Gasteiger partial charge on any atom is -0.384 e. The first kappa shape index (κ1) is 10.2. The molecule has 1 fully saturated rings. The van der Waals surface area contributed by atoms with E-state index in [1.54, 1.807) is 0 Å². The van der Waals surface area contributed by atoms with Gasteiger partial charge >= 0.3 is 0 Å². The Bertz CT molecular complexity index is 352. The van der Waals surface area contributed by atoms with Gasteiger partial charge in [0, 0.05) is 18.2 Å². The molecule has 0 heterocycles. The van der Waals surface area contributed by atoms with Gasteiger partial charge in [0.15, 0.2) is 0 Å². The minimum atomic E-state index is 0.136. The maximum atomic E-state index is 7.29. The predicted octanol–water partition coefficient (Wildman–Crippen LogP) is 1.56. The van der Waals surface area contributed by atoms with Crippen molar-refractivity contribution in [1.29, 1.82) is 5.41 Å². The number of amidine groups is 1. The molecule has 0 amide bonds. The van der Waals surface area contributed by atoms with Crippen LogP contribution in [-0.2, 0) is 6.54 Å². The van der Waals surface area contributed by atoms with Gasteiger partial charge < -0.3 is 5.73 Å². The Morgan fingerprint density at radius 3 is 2.47 bits per heavy atom. The highest BCUT2D eigenvalue weighted by Gasteiger charge is 2.25. The van der Waals surface area contributed by atoms with Crippen molar-refractivity contribution >= 4 is 5.84 Å². The molecule has 0 bridgehead atoms. The van der Waals surface area contributed by atoms with Crippen LogP contribution < -0.4 is 5.73 Å². The van der Waals surface area contributed by atoms with E-state index in [1.807, 2.05) is 12.1 Å². The number of nitrogen functional groups attached to an aromatic ring is 1. The van der Waals surface area contributed by atoms with Crippen LogP contribution in [0, 0.1) is 5.41 Å². The minimum absolute atomic E-state index is 0.136. The van der Waals surface area contributed by atoms with Crippen LogP contribution >= 0.6 is 0 Å². The Morgan fingerprint density at radius 1 is 1.40 bits per heavy atom. The van der Waals surface area contributed by atoms with Crippen LogP contribution in [0.1, 0.15) is 24.0 Å². The van der Waals surface area contributed by atoms with E-state index in [2.05, 4.69) is 24.1 Å². The Hall–Kier alpha value is -1.35. The molecular formula is C12H17N3. The lowest BCUT2D eigenvalue weighted by Gasteiger charge is -2.15. The molecule has 1 saturated carbocycles. The number of benzene rings is 1. The molecule has 0 spiro atoms. The van der Waals surface area contributed by atoms with Crippen LogP contribution in [0.15, 0.2) is 24.3 Å². The van der Waals surface area contributed by atoms with Crippen LogP contribution in [-0.4, -0.2) is 23.8 Å². The first-order valence-corrected chi connectivity index (χ1v) is 5.30. The molecule has 0 aromatic heterocycles. The third kappa shape index (κ3) is 2.57. The Labute approximate surface area is 90.4 Å². The number of nitrogens with zero attached hydrogens (tertiary/aromatic N) is 1. The average Bonchev–Trinajstić information content (AvgIpc) is 3.01. The number of nitrogens with one attached hydrogen (secondary N) is 1. The fraction of sp³-hybridized carbons (Fsp3) is 0.417. The second kappa shape index (κ2) is 4.03. The third-order valence-corrected chi connectivity index (χ3v) is 2.87. The molecule has 0 unspecified atom stereocenters. The SMILES string of the molecule is CN(Cc1ccc(C(=N)N)cc1)C1CC1. The smallest absolute Gasteiger partial charge is 0.122 e. The Morgan fingerprint density at radius 2 is 2.00 bits per heavy atom. The van der Waals surface area contributed by atoms with Gasteiger partial charge in [0.2, 0.25) is 0 Å². The van der Waals surface area contributed by atoms with Crippen molar-refractivity contribution in [3.63, 3.8) is 0 Å². The maximum Gasteiger partial charge on any atom is 0.122 e. The summed E-state index contributed by atoms with van der Waals surface area (Å²) in [5, 5.41) is 7.29. The zero-order valence-corrected chi connectivity index (χ0v) is 9.03. The average molecular weight is 203 g/mol. The zero-order chi connectivity index (χ0) is 10.8. The summed E-state index contributed by atoms with van der Waals surface area (Å²) >= 11 is 0. The molecular weight excluding hydrogens is 186 g/mol. The third-order valence-electron chi connectivity index (χ3n) is 2.87. The summed E-state index contributed by atoms with van der Waals surface area (Å²) in [7, 11) is 2.16. The van der Waals surface area contributed by atoms with E-state index in [4.69, 9.17) is 11.1 Å². The van der Waals surface area contributed by atoms with E-state index in [1.165, 1.54) is 18.4 Å². The summed E-state index contributed by atoms with van der Waals surface area (Å²) in [5.41, 5.74) is 7.48. The number of rotatable bonds is 4. The summed E-state index contributed by atoms with van der Waals surface area (Å²) in [6, 6.07) is 8.72. The van der Waals surface area contributed by atoms with Gasteiger partial charge in [0.05, 0.1) is 0 Å². The van der Waals surface area contributed by atoms with E-state index >= 15 is 0 Å². The topological polar surface area (TPSA) is 53.1 Å². The zero-order valence-electron chi connectivity index (χ0n) is 9.03. The van der Waals surface area contributed by atoms with Crippen molar-refractivity contribution in [2.75, 3.05) is 7.05 Å². The van der Waals surface area contributed by atoms with Gasteiger partial charge in [-0.15, -0.1) is 0 Å². The quantitative estimate of drug-likeness (QED) is 0.576. The maximum absolute atomic E-state index is 7.29. The van der Waals surface area contributed by atoms with E-state index in [0.29, 0.717) is 0 Å². The molecule has 0 atom stereocenters. The second-order valence-electron chi connectivity index (χ2n) is 4.26. The lowest BCUT2D eigenvalue weighted by Crippen LogP contribution is -2.20. The van der Waals surface area contributed by atoms with Crippen molar-refractivity contribution in [3.8, 4) is 0 Å². The fourth-order valence-corrected chi connectivity index (χ4v) is 1.72. The molecule has 15 heavy (non-hydrogen) atoms. The monoisotopic (exact) mass is 203 g/mol. The summed E-state index contributed by atoms with van der Waals surface area (Å²) in [5.74, 6) is 0.136. The summed E-state index contributed by atoms with van der Waals surface area (Å²) in [6.45, 7) is 0.989. The molecule has 1 aromatic carbocycles. The standard InChI is InChI=1S/C12H17N3/c1-15(11-6-7-11)8-9-2-4-10(5-3-9)12(13)14/h2-5,11H,6-8H2,1H3,(H3,13,14). The van der Waals surface area contributed by atoms with Gasteiger partial charge in [0.1, 0.15) is 5.84 Å². The number of nitrogens with two attached hydrogens (primary N) is 1. The lowest BCUT2D eigenvalue weighted by molar-refractivity contribution is 0.316. The Balaban J connectivity index is 1.99. The van der Waals surface area contributed by atoms with Gasteiger partial charge in [-0.25, -0.2) is 0 Å². The molecule has 1 aliphatic rings. The van der Waals surface area contributed by atoms with Crippen molar-refractivity contribution in [2.24, 2.45) is 5.73 Å². The normalized spacial score (nSPS) is 15.6. The largest absolute Gasteiger partial charge is 0.384 e. The van der Waals surface area contributed by atoms with E-state index in [9.17, 15) is 0 Å². The van der Waals surface area contributed by atoms with E-state index in [0.717, 1.165) is 18.2 Å². The van der Waals surface area contributed by atoms with Gasteiger partial charge in [-0.3, -0.25) is 10.3 Å². The molecule has 1 aromatic rings. The highest BCUT2D eigenvalue weighted by molar-refractivity contribution is 5.94. The lowest BCUT2D eigenvalue weighted by atomic mass is 10.1. The molecule has 3 N–H and O–H groups in total. The second-order valence-corrected chi connectivity index (χ2v) is 4.26. The molecule has 3 heteroatoms. The molecule has 3 nitrogen and oxygen atoms in total. The molecule has 0 radical (unpaired) electrons. The van der Waals surface area contributed by atoms with Crippen molar-refractivity contribution < 1.29 is 0 Å². The van der Waals surface area contributed by atoms with Crippen molar-refractivity contribution in [3.05, 3.63) is 35.4 Å². The number of hydrogen-bond acceptors (Lipinski definition) is 2. The van der Waals surface area contributed by atoms with Crippen molar-refractivity contribution in [2.45, 2.75) is 25.4 Å². The molecule has 80 valence electrons. The van der Waals surface area contributed by atoms with E-state index in [-0.39, 0.29) is 5.84 Å². The van der Waals surface area contributed by atoms with Crippen LogP contribution in [0.2, 0.25) is 0 Å². The first-order chi connectivity index (χ1) is 7.16. The molecule has 1 aliphatic carbocycles. The van der Waals surface area contributed by atoms with Gasteiger partial charge in [0.25, 0.3) is 0 Å². The fourth-order valence-electron chi connectivity index (χ4n) is 1.72. The first-order valence-electron chi connectivity index (χ1n) is 5.30. The van der Waals surface area contributed by atoms with Gasteiger partial charge in [-0.05, 0) is 25.5 Å². The number of hydrogen-bond donors (Lipinski definition) is 2. The summed E-state index contributed by atoms with van der Waals surface area (Å²) in [4.78, 5) is 2.38. The van der Waals surface area contributed by atoms with Crippen LogP contribution in [0.5, 0.6) is 0 Å². The van der Waals surface area contributed by atoms with Gasteiger partial charge in [-0.1, -0.05) is 24.3 Å². The highest BCUT2D eigenvalue weighted by atomic mass is 15.1. The highest BCUT2D eigenvalue weighted by Crippen LogP contribution is 2.26. The van der Waals surface area contributed by atoms with Gasteiger partial charge in [-0.2, -0.15) is 0 Å². The molecule has 2 rings (SSSR count). The van der Waals surface area contributed by atoms with Crippen LogP contribution in [0.25, 0.3) is 0 Å². The van der Waals surface area contributed by atoms with Crippen LogP contribution in [0.3, 0.4) is 0 Å². The van der Waals surface area contributed by atoms with Crippen molar-refractivity contribution in [1.82, 2.24) is 4.90 Å².